The summed E-state index contributed by atoms with van der Waals surface area (Å²) in [6, 6.07) is 3.99. The van der Waals surface area contributed by atoms with Crippen molar-refractivity contribution < 1.29 is 9.59 Å². The SMILES string of the molecule is CNC(=O)c1cccnc1N(C)CC1CC(=O)N(C2CCCC2)C1. The second-order valence-corrected chi connectivity index (χ2v) is 6.89. The summed E-state index contributed by atoms with van der Waals surface area (Å²) in [5.41, 5.74) is 0.569. The molecular weight excluding hydrogens is 304 g/mol. The average Bonchev–Trinajstić information content (AvgIpc) is 3.23. The van der Waals surface area contributed by atoms with Crippen LogP contribution in [0.4, 0.5) is 5.82 Å². The largest absolute Gasteiger partial charge is 0.359 e. The first-order chi connectivity index (χ1) is 11.6. The number of rotatable bonds is 5. The van der Waals surface area contributed by atoms with Crippen molar-refractivity contribution in [3.05, 3.63) is 23.9 Å². The zero-order valence-electron chi connectivity index (χ0n) is 14.5. The lowest BCUT2D eigenvalue weighted by atomic mass is 10.1. The molecule has 1 aliphatic carbocycles. The molecule has 3 rings (SSSR count). The van der Waals surface area contributed by atoms with Gasteiger partial charge in [-0.05, 0) is 25.0 Å². The molecule has 6 heteroatoms. The molecule has 2 aliphatic rings. The van der Waals surface area contributed by atoms with Gasteiger partial charge >= 0.3 is 0 Å². The summed E-state index contributed by atoms with van der Waals surface area (Å²) in [4.78, 5) is 32.8. The van der Waals surface area contributed by atoms with Crippen LogP contribution in [0.25, 0.3) is 0 Å². The first kappa shape index (κ1) is 16.7. The van der Waals surface area contributed by atoms with Gasteiger partial charge in [0.25, 0.3) is 5.91 Å². The highest BCUT2D eigenvalue weighted by atomic mass is 16.2. The maximum absolute atomic E-state index is 12.3. The fourth-order valence-electron chi connectivity index (χ4n) is 3.99. The van der Waals surface area contributed by atoms with Crippen LogP contribution in [-0.2, 0) is 4.79 Å². The number of hydrogen-bond donors (Lipinski definition) is 1. The molecule has 2 heterocycles. The second-order valence-electron chi connectivity index (χ2n) is 6.89. The van der Waals surface area contributed by atoms with Gasteiger partial charge in [0.1, 0.15) is 5.82 Å². The fourth-order valence-corrected chi connectivity index (χ4v) is 3.99. The van der Waals surface area contributed by atoms with Gasteiger partial charge in [-0.1, -0.05) is 12.8 Å². The number of nitrogens with zero attached hydrogens (tertiary/aromatic N) is 3. The smallest absolute Gasteiger partial charge is 0.254 e. The Morgan fingerprint density at radius 1 is 1.42 bits per heavy atom. The first-order valence-electron chi connectivity index (χ1n) is 8.78. The Hall–Kier alpha value is -2.11. The van der Waals surface area contributed by atoms with E-state index in [2.05, 4.69) is 15.2 Å². The quantitative estimate of drug-likeness (QED) is 0.892. The van der Waals surface area contributed by atoms with Crippen molar-refractivity contribution >= 4 is 17.6 Å². The van der Waals surface area contributed by atoms with E-state index in [0.717, 1.165) is 25.9 Å². The number of nitrogens with one attached hydrogen (secondary N) is 1. The highest BCUT2D eigenvalue weighted by molar-refractivity contribution is 5.98. The second kappa shape index (κ2) is 7.20. The van der Waals surface area contributed by atoms with Crippen LogP contribution in [0, 0.1) is 5.92 Å². The Morgan fingerprint density at radius 3 is 2.88 bits per heavy atom. The molecular formula is C18H26N4O2. The van der Waals surface area contributed by atoms with Gasteiger partial charge in [0, 0.05) is 51.8 Å². The highest BCUT2D eigenvalue weighted by Gasteiger charge is 2.36. The number of pyridine rings is 1. The minimum atomic E-state index is -0.139. The minimum Gasteiger partial charge on any atom is -0.359 e. The highest BCUT2D eigenvalue weighted by Crippen LogP contribution is 2.30. The predicted octanol–water partition coefficient (Wildman–Crippen LogP) is 1.67. The Bertz CT molecular complexity index is 613. The number of amides is 2. The third kappa shape index (κ3) is 3.37. The lowest BCUT2D eigenvalue weighted by Gasteiger charge is -2.26. The number of anilines is 1. The molecule has 1 saturated heterocycles. The van der Waals surface area contributed by atoms with Crippen molar-refractivity contribution in [2.45, 2.75) is 38.1 Å². The van der Waals surface area contributed by atoms with E-state index in [0.29, 0.717) is 29.8 Å². The summed E-state index contributed by atoms with van der Waals surface area (Å²) in [6.45, 7) is 1.56. The van der Waals surface area contributed by atoms with Crippen molar-refractivity contribution in [1.29, 1.82) is 0 Å². The lowest BCUT2D eigenvalue weighted by Crippen LogP contribution is -2.36. The number of hydrogen-bond acceptors (Lipinski definition) is 4. The normalized spacial score (nSPS) is 21.3. The molecule has 1 aromatic rings. The molecule has 0 spiro atoms. The summed E-state index contributed by atoms with van der Waals surface area (Å²) in [7, 11) is 3.56. The molecule has 0 aromatic carbocycles. The Morgan fingerprint density at radius 2 is 2.17 bits per heavy atom. The standard InChI is InChI=1S/C18H26N4O2/c1-19-18(24)15-8-5-9-20-17(15)21(2)11-13-10-16(23)22(12-13)14-6-3-4-7-14/h5,8-9,13-14H,3-4,6-7,10-12H2,1-2H3,(H,19,24). The Balaban J connectivity index is 1.66. The molecule has 24 heavy (non-hydrogen) atoms. The van der Waals surface area contributed by atoms with E-state index in [9.17, 15) is 9.59 Å². The van der Waals surface area contributed by atoms with Crippen molar-refractivity contribution in [3.63, 3.8) is 0 Å². The molecule has 1 saturated carbocycles. The van der Waals surface area contributed by atoms with E-state index >= 15 is 0 Å². The summed E-state index contributed by atoms with van der Waals surface area (Å²) < 4.78 is 0. The molecule has 2 amide bonds. The van der Waals surface area contributed by atoms with Gasteiger partial charge in [0.15, 0.2) is 0 Å². The van der Waals surface area contributed by atoms with Crippen LogP contribution < -0.4 is 10.2 Å². The van der Waals surface area contributed by atoms with Crippen molar-refractivity contribution in [3.8, 4) is 0 Å². The minimum absolute atomic E-state index is 0.139. The molecule has 1 atom stereocenters. The maximum atomic E-state index is 12.3. The summed E-state index contributed by atoms with van der Waals surface area (Å²) in [5, 5.41) is 2.65. The van der Waals surface area contributed by atoms with E-state index in [1.165, 1.54) is 12.8 Å². The van der Waals surface area contributed by atoms with E-state index in [-0.39, 0.29) is 11.8 Å². The number of aromatic nitrogens is 1. The van der Waals surface area contributed by atoms with Crippen LogP contribution in [0.15, 0.2) is 18.3 Å². The molecule has 1 unspecified atom stereocenters. The third-order valence-electron chi connectivity index (χ3n) is 5.16. The fraction of sp³-hybridized carbons (Fsp3) is 0.611. The van der Waals surface area contributed by atoms with Crippen molar-refractivity contribution in [2.75, 3.05) is 32.1 Å². The van der Waals surface area contributed by atoms with Gasteiger partial charge in [-0.15, -0.1) is 0 Å². The van der Waals surface area contributed by atoms with Crippen molar-refractivity contribution in [1.82, 2.24) is 15.2 Å². The van der Waals surface area contributed by atoms with E-state index in [1.807, 2.05) is 11.9 Å². The number of carbonyl (C=O) groups is 2. The zero-order chi connectivity index (χ0) is 17.1. The van der Waals surface area contributed by atoms with Crippen LogP contribution in [0.2, 0.25) is 0 Å². The van der Waals surface area contributed by atoms with Crippen LogP contribution in [0.1, 0.15) is 42.5 Å². The summed E-state index contributed by atoms with van der Waals surface area (Å²) in [6.07, 6.45) is 7.07. The molecule has 1 N–H and O–H groups in total. The van der Waals surface area contributed by atoms with Crippen molar-refractivity contribution in [2.24, 2.45) is 5.92 Å². The van der Waals surface area contributed by atoms with Crippen LogP contribution >= 0.6 is 0 Å². The van der Waals surface area contributed by atoms with Crippen LogP contribution in [0.3, 0.4) is 0 Å². The van der Waals surface area contributed by atoms with E-state index in [1.54, 1.807) is 25.4 Å². The van der Waals surface area contributed by atoms with Gasteiger partial charge in [0.2, 0.25) is 5.91 Å². The summed E-state index contributed by atoms with van der Waals surface area (Å²) in [5.74, 6) is 1.11. The average molecular weight is 330 g/mol. The molecule has 2 fully saturated rings. The monoisotopic (exact) mass is 330 g/mol. The Labute approximate surface area is 143 Å². The molecule has 0 radical (unpaired) electrons. The zero-order valence-corrected chi connectivity index (χ0v) is 14.5. The van der Waals surface area contributed by atoms with Gasteiger partial charge in [-0.2, -0.15) is 0 Å². The van der Waals surface area contributed by atoms with Crippen LogP contribution in [0.5, 0.6) is 0 Å². The van der Waals surface area contributed by atoms with Gasteiger partial charge < -0.3 is 15.1 Å². The third-order valence-corrected chi connectivity index (χ3v) is 5.16. The molecule has 0 bridgehead atoms. The number of likely N-dealkylation sites (tertiary alicyclic amines) is 1. The van der Waals surface area contributed by atoms with Gasteiger partial charge in [-0.3, -0.25) is 9.59 Å². The topological polar surface area (TPSA) is 65.5 Å². The maximum Gasteiger partial charge on any atom is 0.254 e. The molecule has 1 aliphatic heterocycles. The summed E-state index contributed by atoms with van der Waals surface area (Å²) >= 11 is 0. The van der Waals surface area contributed by atoms with Gasteiger partial charge in [-0.25, -0.2) is 4.98 Å². The number of carbonyl (C=O) groups excluding carboxylic acids is 2. The van der Waals surface area contributed by atoms with Gasteiger partial charge in [0.05, 0.1) is 5.56 Å². The van der Waals surface area contributed by atoms with E-state index < -0.39 is 0 Å². The van der Waals surface area contributed by atoms with Crippen LogP contribution in [-0.4, -0.2) is 54.9 Å². The first-order valence-corrected chi connectivity index (χ1v) is 8.78. The molecule has 6 nitrogen and oxygen atoms in total. The molecule has 130 valence electrons. The Kier molecular flexibility index (Phi) is 5.02. The molecule has 1 aromatic heterocycles. The van der Waals surface area contributed by atoms with E-state index in [4.69, 9.17) is 0 Å². The predicted molar refractivity (Wildman–Crippen MR) is 93.0 cm³/mol. The lowest BCUT2D eigenvalue weighted by molar-refractivity contribution is -0.129.